The number of aromatic nitrogens is 5. The van der Waals surface area contributed by atoms with Crippen molar-refractivity contribution in [1.29, 1.82) is 0 Å². The number of aromatic amines is 1. The van der Waals surface area contributed by atoms with Crippen LogP contribution in [0.3, 0.4) is 0 Å². The largest absolute Gasteiger partial charge is 0.416 e. The predicted octanol–water partition coefficient (Wildman–Crippen LogP) is 3.56. The second-order valence-electron chi connectivity index (χ2n) is 9.10. The van der Waals surface area contributed by atoms with Gasteiger partial charge in [-0.3, -0.25) is 9.69 Å². The van der Waals surface area contributed by atoms with Gasteiger partial charge in [-0.1, -0.05) is 24.8 Å². The molecule has 0 unspecified atom stereocenters. The van der Waals surface area contributed by atoms with Gasteiger partial charge in [-0.25, -0.2) is 9.97 Å². The number of hydrogen-bond donors (Lipinski definition) is 2. The summed E-state index contributed by atoms with van der Waals surface area (Å²) >= 11 is 0. The predicted molar refractivity (Wildman–Crippen MR) is 139 cm³/mol. The first-order valence-corrected chi connectivity index (χ1v) is 12.4. The van der Waals surface area contributed by atoms with Gasteiger partial charge in [-0.05, 0) is 42.4 Å². The molecule has 0 spiro atoms. The Hall–Kier alpha value is -4.34. The summed E-state index contributed by atoms with van der Waals surface area (Å²) in [5, 5.41) is 12.9. The van der Waals surface area contributed by atoms with Crippen LogP contribution >= 0.6 is 0 Å². The van der Waals surface area contributed by atoms with Gasteiger partial charge in [0.1, 0.15) is 11.3 Å². The molecule has 9 nitrogen and oxygen atoms in total. The molecule has 4 aromatic rings. The van der Waals surface area contributed by atoms with E-state index in [1.54, 1.807) is 24.4 Å². The van der Waals surface area contributed by atoms with E-state index in [1.165, 1.54) is 18.3 Å². The molecule has 2 N–H and O–H groups in total. The molecular formula is C27H25F3N8O. The second kappa shape index (κ2) is 11.2. The number of fused-ring (bicyclic) bond motifs is 1. The van der Waals surface area contributed by atoms with E-state index in [-0.39, 0.29) is 23.5 Å². The number of piperazine rings is 1. The zero-order valence-electron chi connectivity index (χ0n) is 21.1. The number of hydrogen-bond acceptors (Lipinski definition) is 7. The molecule has 12 heteroatoms. The molecule has 1 fully saturated rings. The highest BCUT2D eigenvalue weighted by Crippen LogP contribution is 2.33. The lowest BCUT2D eigenvalue weighted by Crippen LogP contribution is -2.45. The summed E-state index contributed by atoms with van der Waals surface area (Å²) in [5.74, 6) is 5.39. The fraction of sp³-hybridized carbons (Fsp3) is 0.296. The van der Waals surface area contributed by atoms with Gasteiger partial charge in [0.15, 0.2) is 0 Å². The minimum atomic E-state index is -4.59. The normalized spacial score (nSPS) is 14.7. The Balaban J connectivity index is 1.30. The fourth-order valence-corrected chi connectivity index (χ4v) is 4.34. The van der Waals surface area contributed by atoms with Crippen LogP contribution in [0.4, 0.5) is 19.0 Å². The van der Waals surface area contributed by atoms with E-state index < -0.39 is 17.6 Å². The van der Waals surface area contributed by atoms with Crippen LogP contribution in [0.1, 0.15) is 39.5 Å². The number of nitrogens with zero attached hydrogens (tertiary/aromatic N) is 6. The highest BCUT2D eigenvalue weighted by Gasteiger charge is 2.34. The first-order valence-electron chi connectivity index (χ1n) is 12.4. The van der Waals surface area contributed by atoms with Gasteiger partial charge in [0.2, 0.25) is 5.65 Å². The molecule has 3 aromatic heterocycles. The number of likely N-dealkylation sites (N-methyl/N-ethyl adjacent to an activating group) is 1. The zero-order chi connectivity index (χ0) is 27.4. The average Bonchev–Trinajstić information content (AvgIpc) is 3.40. The molecule has 5 rings (SSSR count). The van der Waals surface area contributed by atoms with E-state index in [9.17, 15) is 18.0 Å². The van der Waals surface area contributed by atoms with Crippen molar-refractivity contribution in [3.8, 4) is 11.8 Å². The molecule has 1 amide bonds. The summed E-state index contributed by atoms with van der Waals surface area (Å²) in [7, 11) is 0. The van der Waals surface area contributed by atoms with E-state index in [4.69, 9.17) is 0 Å². The zero-order valence-corrected chi connectivity index (χ0v) is 21.1. The molecular weight excluding hydrogens is 509 g/mol. The number of carbonyl (C=O) groups excluding carboxylic acids is 1. The van der Waals surface area contributed by atoms with Crippen LogP contribution in [0.5, 0.6) is 0 Å². The van der Waals surface area contributed by atoms with Crippen LogP contribution < -0.4 is 5.32 Å². The molecule has 0 atom stereocenters. The number of halogens is 3. The van der Waals surface area contributed by atoms with Crippen molar-refractivity contribution in [2.24, 2.45) is 0 Å². The molecule has 0 bridgehead atoms. The minimum Gasteiger partial charge on any atom is -0.307 e. The number of benzene rings is 1. The van der Waals surface area contributed by atoms with Gasteiger partial charge >= 0.3 is 6.18 Å². The number of H-pyrrole nitrogens is 1. The Labute approximate surface area is 222 Å². The quantitative estimate of drug-likeness (QED) is 0.378. The van der Waals surface area contributed by atoms with Crippen LogP contribution in [0.15, 0.2) is 48.8 Å². The highest BCUT2D eigenvalue weighted by atomic mass is 19.4. The summed E-state index contributed by atoms with van der Waals surface area (Å²) in [6.07, 6.45) is -1.57. The first-order chi connectivity index (χ1) is 18.8. The van der Waals surface area contributed by atoms with Crippen molar-refractivity contribution < 1.29 is 18.0 Å². The first kappa shape index (κ1) is 26.3. The lowest BCUT2D eigenvalue weighted by atomic mass is 10.0. The number of anilines is 1. The van der Waals surface area contributed by atoms with E-state index >= 15 is 0 Å². The molecule has 1 aliphatic heterocycles. The molecule has 0 aliphatic carbocycles. The average molecular weight is 535 g/mol. The van der Waals surface area contributed by atoms with Gasteiger partial charge in [0, 0.05) is 61.8 Å². The molecule has 1 saturated heterocycles. The monoisotopic (exact) mass is 534 g/mol. The maximum absolute atomic E-state index is 13.9. The minimum absolute atomic E-state index is 0.104. The summed E-state index contributed by atoms with van der Waals surface area (Å²) in [6.45, 7) is 6.21. The lowest BCUT2D eigenvalue weighted by Gasteiger charge is -2.34. The number of alkyl halides is 3. The van der Waals surface area contributed by atoms with E-state index in [1.807, 2.05) is 4.90 Å². The summed E-state index contributed by atoms with van der Waals surface area (Å²) < 4.78 is 41.8. The Kier molecular flexibility index (Phi) is 7.53. The highest BCUT2D eigenvalue weighted by molar-refractivity contribution is 6.04. The van der Waals surface area contributed by atoms with Gasteiger partial charge in [-0.15, -0.1) is 5.10 Å². The smallest absolute Gasteiger partial charge is 0.307 e. The fourth-order valence-electron chi connectivity index (χ4n) is 4.34. The van der Waals surface area contributed by atoms with Gasteiger partial charge in [0.05, 0.1) is 5.56 Å². The van der Waals surface area contributed by atoms with Crippen molar-refractivity contribution in [2.45, 2.75) is 19.6 Å². The molecule has 1 aliphatic rings. The second-order valence-corrected chi connectivity index (χ2v) is 9.10. The Morgan fingerprint density at radius 3 is 2.54 bits per heavy atom. The molecule has 200 valence electrons. The summed E-state index contributed by atoms with van der Waals surface area (Å²) in [6, 6.07) is 8.64. The maximum atomic E-state index is 13.9. The molecule has 1 aromatic carbocycles. The summed E-state index contributed by atoms with van der Waals surface area (Å²) in [4.78, 5) is 25.4. The van der Waals surface area contributed by atoms with Crippen LogP contribution in [0.2, 0.25) is 0 Å². The van der Waals surface area contributed by atoms with Crippen LogP contribution in [-0.4, -0.2) is 73.8 Å². The van der Waals surface area contributed by atoms with Gasteiger partial charge in [-0.2, -0.15) is 23.5 Å². The number of rotatable bonds is 5. The molecule has 39 heavy (non-hydrogen) atoms. The Bertz CT molecular complexity index is 1550. The standard InChI is InChI=1S/C27H25F3N8O/c1-2-37-9-11-38(12-10-37)17-21-6-5-20(15-22(21)27(28,29)30)26(39)33-24-14-18(7-8-31-24)3-4-19-13-23-25(32-16-19)35-36-34-23/h5-8,13-16H,2,9-12,17H2,1H3,(H,31,33,39)(H,32,34,35,36). The number of carbonyl (C=O) groups is 1. The topological polar surface area (TPSA) is 103 Å². The molecule has 0 radical (unpaired) electrons. The number of amides is 1. The van der Waals surface area contributed by atoms with Crippen molar-refractivity contribution in [2.75, 3.05) is 38.0 Å². The maximum Gasteiger partial charge on any atom is 0.416 e. The van der Waals surface area contributed by atoms with Crippen LogP contribution in [0.25, 0.3) is 11.2 Å². The van der Waals surface area contributed by atoms with Gasteiger partial charge < -0.3 is 10.2 Å². The third kappa shape index (κ3) is 6.39. The number of pyridine rings is 2. The third-order valence-corrected chi connectivity index (χ3v) is 6.51. The van der Waals surface area contributed by atoms with E-state index in [0.717, 1.165) is 25.7 Å². The van der Waals surface area contributed by atoms with E-state index in [2.05, 4.69) is 54.4 Å². The number of nitrogens with one attached hydrogen (secondary N) is 2. The SMILES string of the molecule is CCN1CCN(Cc2ccc(C(=O)Nc3cc(C#Cc4cnc5n[nH]nc5c4)ccn3)cc2C(F)(F)F)CC1. The van der Waals surface area contributed by atoms with Crippen molar-refractivity contribution in [3.63, 3.8) is 0 Å². The van der Waals surface area contributed by atoms with Crippen LogP contribution in [-0.2, 0) is 12.7 Å². The van der Waals surface area contributed by atoms with Crippen molar-refractivity contribution in [1.82, 2.24) is 35.2 Å². The Morgan fingerprint density at radius 2 is 1.77 bits per heavy atom. The lowest BCUT2D eigenvalue weighted by molar-refractivity contribution is -0.138. The van der Waals surface area contributed by atoms with Crippen molar-refractivity contribution >= 4 is 22.9 Å². The third-order valence-electron chi connectivity index (χ3n) is 6.51. The molecule has 0 saturated carbocycles. The van der Waals surface area contributed by atoms with Crippen LogP contribution in [0, 0.1) is 11.8 Å². The summed E-state index contributed by atoms with van der Waals surface area (Å²) in [5.41, 5.74) is 1.46. The Morgan fingerprint density at radius 1 is 1.00 bits per heavy atom. The van der Waals surface area contributed by atoms with Gasteiger partial charge in [0.25, 0.3) is 5.91 Å². The molecule has 4 heterocycles. The van der Waals surface area contributed by atoms with Crippen molar-refractivity contribution in [3.05, 3.63) is 76.6 Å². The van der Waals surface area contributed by atoms with E-state index in [0.29, 0.717) is 35.4 Å².